The Morgan fingerprint density at radius 1 is 0.393 bits per heavy atom. The summed E-state index contributed by atoms with van der Waals surface area (Å²) in [7, 11) is 8.53. The van der Waals surface area contributed by atoms with Crippen molar-refractivity contribution < 1.29 is 135 Å². The molecule has 0 aliphatic heterocycles. The number of hydrogen-bond donors (Lipinski definition) is 9. The largest absolute Gasteiger partial charge is 0.507 e. The summed E-state index contributed by atoms with van der Waals surface area (Å²) >= 11 is 6.51. The number of phenols is 1. The second kappa shape index (κ2) is 70.1. The van der Waals surface area contributed by atoms with Gasteiger partial charge in [0.1, 0.15) is 57.3 Å². The number of hydrogen-bond acceptors (Lipinski definition) is 27. The summed E-state index contributed by atoms with van der Waals surface area (Å²) in [6.07, 6.45) is 1.74. The number of carbonyl (C=O) groups is 9. The van der Waals surface area contributed by atoms with Crippen LogP contribution >= 0.6 is 31.9 Å². The van der Waals surface area contributed by atoms with Crippen LogP contribution in [0.5, 0.6) is 28.7 Å². The molecule has 0 aliphatic carbocycles. The van der Waals surface area contributed by atoms with Crippen molar-refractivity contribution in [2.24, 2.45) is 35.5 Å². The highest BCUT2D eigenvalue weighted by Crippen LogP contribution is 2.29. The molecule has 34 heteroatoms. The summed E-state index contributed by atoms with van der Waals surface area (Å²) in [6.45, 7) is 49.1. The van der Waals surface area contributed by atoms with Gasteiger partial charge in [-0.25, -0.2) is 43.2 Å². The van der Waals surface area contributed by atoms with Gasteiger partial charge >= 0.3 is 54.2 Å². The van der Waals surface area contributed by atoms with Crippen molar-refractivity contribution in [1.29, 1.82) is 0 Å². The Morgan fingerprint density at radius 2 is 0.711 bits per heavy atom. The smallest absolute Gasteiger partial charge is 0.408 e. The van der Waals surface area contributed by atoms with Gasteiger partial charge in [-0.3, -0.25) is 0 Å². The fourth-order valence-corrected chi connectivity index (χ4v) is 9.99. The predicted molar refractivity (Wildman–Crippen MR) is 528 cm³/mol. The van der Waals surface area contributed by atoms with Crippen LogP contribution in [-0.4, -0.2) is 220 Å². The molecule has 0 radical (unpaired) electrons. The molecule has 0 aromatic heterocycles. The summed E-state index contributed by atoms with van der Waals surface area (Å²) in [5.41, 5.74) is 0.657. The predicted octanol–water partition coefficient (Wildman–Crippen LogP) is 18.0. The van der Waals surface area contributed by atoms with Gasteiger partial charge in [0.2, 0.25) is 0 Å². The summed E-state index contributed by atoms with van der Waals surface area (Å²) in [5.74, 6) is 7.56. The van der Waals surface area contributed by atoms with Crippen molar-refractivity contribution in [3.8, 4) is 52.9 Å². The fraction of sp³-hybridized carbons (Fsp3) is 0.574. The first-order chi connectivity index (χ1) is 62.6. The number of esters is 4. The van der Waals surface area contributed by atoms with Crippen molar-refractivity contribution in [1.82, 2.24) is 21.3 Å². The second-order valence-electron chi connectivity index (χ2n) is 35.9. The molecule has 0 aliphatic rings. The van der Waals surface area contributed by atoms with Gasteiger partial charge in [-0.05, 0) is 232 Å². The molecule has 6 atom stereocenters. The normalized spacial score (nSPS) is 12.1. The number of benzene rings is 5. The average Bonchev–Trinajstić information content (AvgIpc) is 0.846. The zero-order valence-electron chi connectivity index (χ0n) is 85.3. The number of para-hydroxylation sites is 5. The van der Waals surface area contributed by atoms with Gasteiger partial charge < -0.3 is 113 Å². The number of carboxylic acids is 1. The lowest BCUT2D eigenvalue weighted by molar-refractivity contribution is -0.178. The minimum atomic E-state index is -1.21. The van der Waals surface area contributed by atoms with Crippen LogP contribution in [0.25, 0.3) is 0 Å². The number of rotatable bonds is 32. The lowest BCUT2D eigenvalue weighted by Gasteiger charge is -2.22. The lowest BCUT2D eigenvalue weighted by Crippen LogP contribution is -2.34. The highest BCUT2D eigenvalue weighted by Gasteiger charge is 2.30. The lowest BCUT2D eigenvalue weighted by atomic mass is 10.1. The minimum absolute atomic E-state index is 0.00774. The molecule has 0 fully saturated rings. The summed E-state index contributed by atoms with van der Waals surface area (Å²) < 4.78 is 73.6. The third kappa shape index (κ3) is 66.5. The van der Waals surface area contributed by atoms with E-state index in [1.165, 1.54) is 28.4 Å². The Morgan fingerprint density at radius 3 is 1.00 bits per heavy atom. The van der Waals surface area contributed by atoms with Crippen LogP contribution in [0, 0.1) is 59.7 Å². The van der Waals surface area contributed by atoms with Crippen molar-refractivity contribution >= 4 is 86.1 Å². The van der Waals surface area contributed by atoms with Crippen molar-refractivity contribution in [3.63, 3.8) is 0 Å². The number of aliphatic hydroxyl groups is 3. The van der Waals surface area contributed by atoms with Crippen molar-refractivity contribution in [2.45, 2.75) is 271 Å². The van der Waals surface area contributed by atoms with E-state index in [1.54, 1.807) is 120 Å². The van der Waals surface area contributed by atoms with E-state index >= 15 is 0 Å². The van der Waals surface area contributed by atoms with E-state index in [2.05, 4.69) is 75.6 Å². The van der Waals surface area contributed by atoms with Crippen LogP contribution in [0.2, 0.25) is 0 Å². The summed E-state index contributed by atoms with van der Waals surface area (Å²) in [4.78, 5) is 101. The number of alkyl carbamates (subject to hydrolysis) is 4. The number of ether oxygens (including phenoxy) is 14. The summed E-state index contributed by atoms with van der Waals surface area (Å²) in [6, 6.07) is 37.0. The molecular weight excluding hydrogens is 1880 g/mol. The molecule has 762 valence electrons. The maximum Gasteiger partial charge on any atom is 0.408 e. The van der Waals surface area contributed by atoms with E-state index in [0.29, 0.717) is 42.3 Å². The Labute approximate surface area is 819 Å². The Hall–Kier alpha value is -10.6. The molecular formula is C101H156Br2N4O28. The molecule has 5 aromatic rings. The first kappa shape index (κ1) is 131. The van der Waals surface area contributed by atoms with Gasteiger partial charge in [0, 0.05) is 45.1 Å². The molecule has 32 nitrogen and oxygen atoms in total. The fourth-order valence-electron chi connectivity index (χ4n) is 9.33. The van der Waals surface area contributed by atoms with E-state index in [1.807, 2.05) is 196 Å². The quantitative estimate of drug-likeness (QED) is 0.00635. The molecule has 0 spiro atoms. The number of carboxylic acid groups (broad SMARTS) is 1. The molecule has 0 unspecified atom stereocenters. The van der Waals surface area contributed by atoms with Gasteiger partial charge in [0.15, 0.2) is 36.3 Å². The number of terminal acetylenes is 1. The number of nitrogens with one attached hydrogen (secondary N) is 4. The molecule has 0 saturated carbocycles. The number of aliphatic carboxylic acids is 1. The van der Waals surface area contributed by atoms with Gasteiger partial charge in [0.05, 0.1) is 62.6 Å². The molecule has 4 amide bonds. The standard InChI is InChI=1S/C20H31NO5.C20H27NO5.C19H31NO4.C12H15BrO3.C8H13NO2.C6H5BrO.C6H12O3.C5H10O3.C5H12O2/c2*1-14(2)17(18(22)24-6)25-16-12-8-7-10-15(16)11-9-13-21-19(23)26-20(3,4)5;1-14(2)17(13-21)23-16-11-7-6-9-15(16)10-8-12-20-18(22)24-19(3,4)5;1-8(2)11(12(14)15-3)16-10-7-5-4-6-9(10)13;1-5-6-9-7(10)11-8(2,3)4;7-5-3-1-2-4-6(5)8;1-4(2)5(7)6(8)9-3;1-3(2)4(6)5(7)8;1-5(2,6-3)7-4/h7-8,10,12,14,17H,9,11,13H2,1-6H3,(H,21,23);7-8,10,12,14,17H,13H2,1-6H3,(H,21,23);6-7,9,11,14,17,21H,8,10,12-13H2,1-5H3,(H,20,22);4-8,11H,1-3H3;1H,6H2,2-4H3,(H,9,10);1-4,8H;4-5,7H,1-3H3;3-4,6H,1-2H3,(H,7,8);1-4H3/t3*17-;11-;;;5-;4-;/m1101..00./s1. The zero-order chi connectivity index (χ0) is 105. The molecule has 0 bridgehead atoms. The van der Waals surface area contributed by atoms with E-state index < -0.39 is 101 Å². The second-order valence-corrected chi connectivity index (χ2v) is 37.6. The Kier molecular flexibility index (Phi) is 67.9. The van der Waals surface area contributed by atoms with E-state index in [4.69, 9.17) is 88.4 Å². The van der Waals surface area contributed by atoms with Crippen molar-refractivity contribution in [3.05, 3.63) is 147 Å². The number of aromatic hydroxyl groups is 1. The van der Waals surface area contributed by atoms with Crippen molar-refractivity contribution in [2.75, 3.05) is 75.4 Å². The molecule has 0 heterocycles. The summed E-state index contributed by atoms with van der Waals surface area (Å²) in [5, 5.41) is 54.4. The number of methoxy groups -OCH3 is 6. The highest BCUT2D eigenvalue weighted by molar-refractivity contribution is 9.11. The third-order valence-electron chi connectivity index (χ3n) is 16.8. The number of halogens is 2. The molecule has 9 N–H and O–H groups in total. The van der Waals surface area contributed by atoms with Gasteiger partial charge in [-0.1, -0.05) is 174 Å². The Bertz CT molecular complexity index is 4290. The molecule has 5 aromatic carbocycles. The molecule has 135 heavy (non-hydrogen) atoms. The van der Waals surface area contributed by atoms with Crippen LogP contribution in [0.1, 0.15) is 210 Å². The number of amides is 4. The molecule has 5 rings (SSSR count). The maximum absolute atomic E-state index is 11.9. The topological polar surface area (TPSA) is 432 Å². The van der Waals surface area contributed by atoms with Gasteiger partial charge in [0.25, 0.3) is 0 Å². The van der Waals surface area contributed by atoms with Crippen LogP contribution in [0.3, 0.4) is 0 Å². The van der Waals surface area contributed by atoms with E-state index in [0.717, 1.165) is 45.1 Å². The Balaban J connectivity index is -0.000000745. The minimum Gasteiger partial charge on any atom is -0.507 e. The van der Waals surface area contributed by atoms with Crippen LogP contribution < -0.4 is 40.2 Å². The SMILES string of the molecule is C#CCNC(=O)OC(C)(C)C.CC(C)[C@H](CO)Oc1ccccc1CCCNC(=O)OC(C)(C)C.CC(C)[C@H](O)C(=O)O.COC(=O)[C@@H](O)C(C)C.COC(=O)[C@H](Oc1ccccc1Br)C(C)C.COC(=O)[C@H](Oc1ccccc1C#CCNC(=O)OC(C)(C)C)C(C)C.COC(=O)[C@H](Oc1ccccc1CCCNC(=O)OC(C)(C)C)C(C)C.COC(C)(C)OC.Oc1ccccc1Br. The maximum atomic E-state index is 11.9. The monoisotopic (exact) mass is 2030 g/mol. The number of phenolic OH excluding ortho intramolecular Hbond substituents is 1. The number of carbonyl (C=O) groups excluding carboxylic acids is 8. The molecule has 0 saturated heterocycles. The van der Waals surface area contributed by atoms with Crippen LogP contribution in [-0.2, 0) is 84.2 Å². The highest BCUT2D eigenvalue weighted by atomic mass is 79.9. The number of aryl methyl sites for hydroxylation is 2. The van der Waals surface area contributed by atoms with E-state index in [-0.39, 0.29) is 79.0 Å². The first-order valence-corrected chi connectivity index (χ1v) is 45.7. The van der Waals surface area contributed by atoms with Crippen LogP contribution in [0.15, 0.2) is 130 Å². The van der Waals surface area contributed by atoms with Gasteiger partial charge in [-0.2, -0.15) is 0 Å². The first-order valence-electron chi connectivity index (χ1n) is 44.1. The third-order valence-corrected chi connectivity index (χ3v) is 18.1. The zero-order valence-corrected chi connectivity index (χ0v) is 88.5. The van der Waals surface area contributed by atoms with Gasteiger partial charge in [-0.15, -0.1) is 6.42 Å². The average molecular weight is 2030 g/mol. The number of aliphatic hydroxyl groups excluding tert-OH is 3. The van der Waals surface area contributed by atoms with Crippen LogP contribution in [0.4, 0.5) is 19.2 Å². The van der Waals surface area contributed by atoms with E-state index in [9.17, 15) is 48.3 Å².